The molecule has 1 aromatic carbocycles. The summed E-state index contributed by atoms with van der Waals surface area (Å²) in [5.74, 6) is -0.925. The number of amides is 1. The largest absolute Gasteiger partial charge is 0.480 e. The Morgan fingerprint density at radius 1 is 1.38 bits per heavy atom. The predicted octanol–water partition coefficient (Wildman–Crippen LogP) is 2.13. The van der Waals surface area contributed by atoms with Crippen LogP contribution in [0.15, 0.2) is 29.2 Å². The number of thioether (sulfide) groups is 1. The highest BCUT2D eigenvalue weighted by Crippen LogP contribution is 2.28. The van der Waals surface area contributed by atoms with Crippen molar-refractivity contribution in [3.63, 3.8) is 0 Å². The number of hydrogen-bond acceptors (Lipinski definition) is 6. The lowest BCUT2D eigenvalue weighted by Crippen LogP contribution is -2.55. The zero-order valence-corrected chi connectivity index (χ0v) is 15.6. The van der Waals surface area contributed by atoms with Crippen molar-refractivity contribution in [2.24, 2.45) is 0 Å². The second kappa shape index (κ2) is 9.00. The van der Waals surface area contributed by atoms with Crippen molar-refractivity contribution in [1.29, 1.82) is 0 Å². The summed E-state index contributed by atoms with van der Waals surface area (Å²) in [6.07, 6.45) is 1.50. The second-order valence-corrected chi connectivity index (χ2v) is 7.71. The highest BCUT2D eigenvalue weighted by Gasteiger charge is 2.35. The van der Waals surface area contributed by atoms with Crippen LogP contribution in [0.3, 0.4) is 0 Å². The molecule has 9 heteroatoms. The minimum atomic E-state index is -0.840. The van der Waals surface area contributed by atoms with Crippen LogP contribution in [0.25, 0.3) is 0 Å². The Labute approximate surface area is 156 Å². The van der Waals surface area contributed by atoms with Gasteiger partial charge in [0.25, 0.3) is 5.69 Å². The minimum absolute atomic E-state index is 0.0220. The Morgan fingerprint density at radius 3 is 2.50 bits per heavy atom. The van der Waals surface area contributed by atoms with Crippen molar-refractivity contribution in [3.05, 3.63) is 34.4 Å². The first-order valence-corrected chi connectivity index (χ1v) is 9.35. The van der Waals surface area contributed by atoms with E-state index in [4.69, 9.17) is 5.11 Å². The summed E-state index contributed by atoms with van der Waals surface area (Å²) in [7, 11) is 0. The van der Waals surface area contributed by atoms with Crippen LogP contribution >= 0.6 is 11.8 Å². The first-order valence-electron chi connectivity index (χ1n) is 8.47. The number of nitro groups is 1. The molecule has 1 fully saturated rings. The van der Waals surface area contributed by atoms with E-state index in [9.17, 15) is 19.7 Å². The lowest BCUT2D eigenvalue weighted by Gasteiger charge is -2.42. The van der Waals surface area contributed by atoms with Crippen molar-refractivity contribution in [2.45, 2.75) is 48.9 Å². The van der Waals surface area contributed by atoms with Gasteiger partial charge in [-0.3, -0.25) is 24.6 Å². The molecule has 0 aliphatic heterocycles. The molecule has 2 N–H and O–H groups in total. The van der Waals surface area contributed by atoms with E-state index in [1.165, 1.54) is 23.9 Å². The first kappa shape index (κ1) is 20.2. The van der Waals surface area contributed by atoms with Crippen LogP contribution in [0.1, 0.15) is 26.7 Å². The fraction of sp³-hybridized carbons (Fsp3) is 0.529. The lowest BCUT2D eigenvalue weighted by atomic mass is 9.85. The van der Waals surface area contributed by atoms with Crippen LogP contribution in [0.5, 0.6) is 0 Å². The van der Waals surface area contributed by atoms with E-state index in [1.807, 2.05) is 11.8 Å². The molecule has 1 aliphatic carbocycles. The fourth-order valence-corrected chi connectivity index (χ4v) is 3.78. The third kappa shape index (κ3) is 5.43. The molecule has 0 aromatic heterocycles. The van der Waals surface area contributed by atoms with Crippen LogP contribution in [0, 0.1) is 10.1 Å². The molecule has 1 aromatic rings. The highest BCUT2D eigenvalue weighted by molar-refractivity contribution is 8.00. The van der Waals surface area contributed by atoms with E-state index >= 15 is 0 Å². The Hall–Kier alpha value is -2.13. The average Bonchev–Trinajstić information content (AvgIpc) is 2.55. The van der Waals surface area contributed by atoms with Gasteiger partial charge in [0.2, 0.25) is 5.91 Å². The summed E-state index contributed by atoms with van der Waals surface area (Å²) in [5.41, 5.74) is 0.0220. The van der Waals surface area contributed by atoms with Gasteiger partial charge in [0.05, 0.1) is 16.7 Å². The number of benzene rings is 1. The van der Waals surface area contributed by atoms with E-state index in [2.05, 4.69) is 5.32 Å². The van der Waals surface area contributed by atoms with Crippen LogP contribution in [0.2, 0.25) is 0 Å². The number of carbonyl (C=O) groups excluding carboxylic acids is 1. The SMILES string of the molecule is CCN(CC(=O)O)C1CC(NC(=O)C(C)Sc2ccc([N+](=O)[O-])cc2)C1. The smallest absolute Gasteiger partial charge is 0.317 e. The monoisotopic (exact) mass is 381 g/mol. The molecule has 8 nitrogen and oxygen atoms in total. The van der Waals surface area contributed by atoms with Crippen molar-refractivity contribution in [2.75, 3.05) is 13.1 Å². The van der Waals surface area contributed by atoms with E-state index in [-0.39, 0.29) is 35.5 Å². The van der Waals surface area contributed by atoms with Gasteiger partial charge in [-0.2, -0.15) is 0 Å². The Kier molecular flexibility index (Phi) is 6.98. The molecule has 1 aliphatic rings. The lowest BCUT2D eigenvalue weighted by molar-refractivity contribution is -0.384. The van der Waals surface area contributed by atoms with E-state index in [0.717, 1.165) is 17.7 Å². The normalized spacial score (nSPS) is 20.3. The molecular weight excluding hydrogens is 358 g/mol. The number of nitro benzene ring substituents is 1. The number of rotatable bonds is 9. The molecule has 0 radical (unpaired) electrons. The molecule has 142 valence electrons. The van der Waals surface area contributed by atoms with Crippen molar-refractivity contribution < 1.29 is 19.6 Å². The van der Waals surface area contributed by atoms with Crippen LogP contribution < -0.4 is 5.32 Å². The molecule has 1 atom stereocenters. The van der Waals surface area contributed by atoms with Gasteiger partial charge in [-0.25, -0.2) is 0 Å². The third-order valence-electron chi connectivity index (χ3n) is 4.45. The van der Waals surface area contributed by atoms with E-state index in [1.54, 1.807) is 19.1 Å². The molecule has 0 bridgehead atoms. The standard InChI is InChI=1S/C17H23N3O5S/c1-3-19(10-16(21)22)14-8-12(9-14)18-17(23)11(2)26-15-6-4-13(5-7-15)20(24)25/h4-7,11-12,14H,3,8-10H2,1-2H3,(H,18,23)(H,21,22). The molecule has 26 heavy (non-hydrogen) atoms. The number of hydrogen-bond donors (Lipinski definition) is 2. The maximum absolute atomic E-state index is 12.3. The van der Waals surface area contributed by atoms with E-state index < -0.39 is 10.9 Å². The topological polar surface area (TPSA) is 113 Å². The van der Waals surface area contributed by atoms with Crippen LogP contribution in [0.4, 0.5) is 5.69 Å². The van der Waals surface area contributed by atoms with Gasteiger partial charge in [-0.1, -0.05) is 6.92 Å². The summed E-state index contributed by atoms with van der Waals surface area (Å²) < 4.78 is 0. The second-order valence-electron chi connectivity index (χ2n) is 6.30. The maximum atomic E-state index is 12.3. The molecule has 0 heterocycles. The van der Waals surface area contributed by atoms with Crippen molar-refractivity contribution >= 4 is 29.3 Å². The molecular formula is C17H23N3O5S. The Morgan fingerprint density at radius 2 is 2.00 bits per heavy atom. The fourth-order valence-electron chi connectivity index (χ4n) is 2.90. The molecule has 0 saturated heterocycles. The Bertz CT molecular complexity index is 661. The van der Waals surface area contributed by atoms with Gasteiger partial charge in [0.1, 0.15) is 0 Å². The summed E-state index contributed by atoms with van der Waals surface area (Å²) in [4.78, 5) is 36.0. The van der Waals surface area contributed by atoms with Gasteiger partial charge in [-0.15, -0.1) is 11.8 Å². The number of non-ortho nitro benzene ring substituents is 1. The molecule has 2 rings (SSSR count). The van der Waals surface area contributed by atoms with Crippen LogP contribution in [-0.4, -0.2) is 57.2 Å². The summed E-state index contributed by atoms with van der Waals surface area (Å²) in [6.45, 7) is 4.41. The summed E-state index contributed by atoms with van der Waals surface area (Å²) >= 11 is 1.35. The number of carbonyl (C=O) groups is 2. The highest BCUT2D eigenvalue weighted by atomic mass is 32.2. The minimum Gasteiger partial charge on any atom is -0.480 e. The van der Waals surface area contributed by atoms with Crippen LogP contribution in [-0.2, 0) is 9.59 Å². The number of carboxylic acid groups (broad SMARTS) is 1. The quantitative estimate of drug-likeness (QED) is 0.383. The number of nitrogens with zero attached hydrogens (tertiary/aromatic N) is 2. The zero-order valence-electron chi connectivity index (χ0n) is 14.8. The number of nitrogens with one attached hydrogen (secondary N) is 1. The number of carboxylic acids is 1. The molecule has 1 amide bonds. The van der Waals surface area contributed by atoms with Crippen molar-refractivity contribution in [3.8, 4) is 0 Å². The number of aliphatic carboxylic acids is 1. The van der Waals surface area contributed by atoms with Gasteiger partial charge in [-0.05, 0) is 38.4 Å². The Balaban J connectivity index is 1.77. The van der Waals surface area contributed by atoms with Crippen molar-refractivity contribution in [1.82, 2.24) is 10.2 Å². The third-order valence-corrected chi connectivity index (χ3v) is 5.56. The van der Waals surface area contributed by atoms with Gasteiger partial charge in [0, 0.05) is 29.1 Å². The molecule has 1 saturated carbocycles. The predicted molar refractivity (Wildman–Crippen MR) is 98.3 cm³/mol. The van der Waals surface area contributed by atoms with E-state index in [0.29, 0.717) is 6.54 Å². The van der Waals surface area contributed by atoms with Gasteiger partial charge in [0.15, 0.2) is 0 Å². The van der Waals surface area contributed by atoms with Gasteiger partial charge < -0.3 is 10.4 Å². The maximum Gasteiger partial charge on any atom is 0.317 e. The average molecular weight is 381 g/mol. The van der Waals surface area contributed by atoms with Gasteiger partial charge >= 0.3 is 5.97 Å². The zero-order chi connectivity index (χ0) is 19.3. The molecule has 0 spiro atoms. The summed E-state index contributed by atoms with van der Waals surface area (Å²) in [6, 6.07) is 6.37. The first-order chi connectivity index (χ1) is 12.3. The number of likely N-dealkylation sites (N-methyl/N-ethyl adjacent to an activating group) is 1. The summed E-state index contributed by atoms with van der Waals surface area (Å²) in [5, 5.41) is 22.2. The molecule has 1 unspecified atom stereocenters.